The lowest BCUT2D eigenvalue weighted by atomic mass is 9.96. The molecule has 0 saturated heterocycles. The molecule has 0 heterocycles. The van der Waals surface area contributed by atoms with Crippen molar-refractivity contribution in [1.29, 1.82) is 0 Å². The maximum atomic E-state index is 14.5. The lowest BCUT2D eigenvalue weighted by Crippen LogP contribution is -2.26. The van der Waals surface area contributed by atoms with Crippen molar-refractivity contribution in [3.05, 3.63) is 56.8 Å². The molecular weight excluding hydrogens is 378 g/mol. The van der Waals surface area contributed by atoms with Gasteiger partial charge in [-0.15, -0.1) is 0 Å². The molecule has 0 spiro atoms. The fraction of sp³-hybridized carbons (Fsp3) is 0.316. The van der Waals surface area contributed by atoms with Crippen molar-refractivity contribution in [3.63, 3.8) is 0 Å². The van der Waals surface area contributed by atoms with Crippen LogP contribution in [-0.4, -0.2) is 24.6 Å². The zero-order valence-electron chi connectivity index (χ0n) is 14.8. The average molecular weight is 399 g/mol. The molecule has 0 saturated carbocycles. The van der Waals surface area contributed by atoms with Crippen molar-refractivity contribution >= 4 is 34.8 Å². The molecule has 0 bridgehead atoms. The van der Waals surface area contributed by atoms with Crippen LogP contribution in [0.2, 0.25) is 10.0 Å². The number of hydrogen-bond donors (Lipinski definition) is 3. The van der Waals surface area contributed by atoms with Gasteiger partial charge in [-0.05, 0) is 34.7 Å². The molecule has 7 heteroatoms. The molecule has 2 aromatic carbocycles. The molecule has 3 N–H and O–H groups in total. The first-order chi connectivity index (χ1) is 12.2. The van der Waals surface area contributed by atoms with E-state index >= 15 is 0 Å². The van der Waals surface area contributed by atoms with E-state index in [0.29, 0.717) is 17.0 Å². The minimum atomic E-state index is -0.655. The predicted octanol–water partition coefficient (Wildman–Crippen LogP) is 4.71. The number of halogens is 3. The third-order valence-corrected chi connectivity index (χ3v) is 4.80. The fourth-order valence-electron chi connectivity index (χ4n) is 2.57. The minimum Gasteiger partial charge on any atom is -0.508 e. The summed E-state index contributed by atoms with van der Waals surface area (Å²) in [5.74, 6) is -0.571. The normalized spacial score (nSPS) is 10.9. The summed E-state index contributed by atoms with van der Waals surface area (Å²) in [6, 6.07) is 6.65. The lowest BCUT2D eigenvalue weighted by Gasteiger charge is -2.15. The Morgan fingerprint density at radius 3 is 2.58 bits per heavy atom. The number of nitrogens with one attached hydrogen (secondary N) is 2. The maximum absolute atomic E-state index is 14.5. The van der Waals surface area contributed by atoms with Gasteiger partial charge in [-0.3, -0.25) is 4.79 Å². The summed E-state index contributed by atoms with van der Waals surface area (Å²) in [6.45, 7) is 3.87. The summed E-state index contributed by atoms with van der Waals surface area (Å²) in [7, 11) is 1.49. The number of phenolic OH excluding ortho intramolecular Hbond substituents is 1. The number of carbonyl (C=O) groups is 1. The van der Waals surface area contributed by atoms with E-state index in [1.165, 1.54) is 13.1 Å². The van der Waals surface area contributed by atoms with Crippen LogP contribution in [0.15, 0.2) is 24.3 Å². The van der Waals surface area contributed by atoms with Crippen molar-refractivity contribution in [2.45, 2.75) is 26.2 Å². The van der Waals surface area contributed by atoms with Crippen LogP contribution in [0, 0.1) is 5.82 Å². The molecule has 0 aromatic heterocycles. The number of likely N-dealkylation sites (N-methyl/N-ethyl adjacent to an activating group) is 1. The molecule has 0 fully saturated rings. The van der Waals surface area contributed by atoms with Gasteiger partial charge in [-0.1, -0.05) is 49.2 Å². The van der Waals surface area contributed by atoms with E-state index in [2.05, 4.69) is 10.6 Å². The van der Waals surface area contributed by atoms with Gasteiger partial charge in [0.25, 0.3) is 0 Å². The second kappa shape index (κ2) is 8.60. The largest absolute Gasteiger partial charge is 0.508 e. The Kier molecular flexibility index (Phi) is 6.73. The molecule has 2 rings (SSSR count). The van der Waals surface area contributed by atoms with Crippen molar-refractivity contribution < 1.29 is 14.3 Å². The lowest BCUT2D eigenvalue weighted by molar-refractivity contribution is -0.118. The Morgan fingerprint density at radius 1 is 1.27 bits per heavy atom. The van der Waals surface area contributed by atoms with E-state index in [-0.39, 0.29) is 34.8 Å². The summed E-state index contributed by atoms with van der Waals surface area (Å²) < 4.78 is 14.5. The molecular formula is C19H21Cl2FN2O2. The molecule has 0 unspecified atom stereocenters. The molecule has 0 aliphatic heterocycles. The molecule has 0 aliphatic rings. The van der Waals surface area contributed by atoms with Crippen LogP contribution in [0.25, 0.3) is 0 Å². The monoisotopic (exact) mass is 398 g/mol. The number of hydrogen-bond acceptors (Lipinski definition) is 3. The molecule has 0 radical (unpaired) electrons. The molecule has 1 amide bonds. The number of phenols is 1. The number of carbonyl (C=O) groups excluding carboxylic acids is 1. The Balaban J connectivity index is 2.32. The molecule has 0 aliphatic carbocycles. The van der Waals surface area contributed by atoms with Gasteiger partial charge in [0, 0.05) is 18.5 Å². The number of amides is 1. The van der Waals surface area contributed by atoms with Crippen LogP contribution in [-0.2, 0) is 11.2 Å². The third-order valence-electron chi connectivity index (χ3n) is 4.07. The van der Waals surface area contributed by atoms with E-state index in [1.54, 1.807) is 12.1 Å². The van der Waals surface area contributed by atoms with Crippen molar-refractivity contribution in [1.82, 2.24) is 5.32 Å². The van der Waals surface area contributed by atoms with Gasteiger partial charge in [0.2, 0.25) is 5.91 Å². The Labute approximate surface area is 162 Å². The molecule has 0 atom stereocenters. The molecule has 140 valence electrons. The Hall–Kier alpha value is -1.98. The van der Waals surface area contributed by atoms with Gasteiger partial charge < -0.3 is 15.7 Å². The van der Waals surface area contributed by atoms with Crippen LogP contribution in [0.4, 0.5) is 10.1 Å². The number of rotatable bonds is 6. The van der Waals surface area contributed by atoms with E-state index in [9.17, 15) is 14.3 Å². The SMILES string of the molecule is CNC(=O)CNc1cc(Cl)c(Cc2ccc(O)c(C(C)C)c2)c(Cl)c1F. The van der Waals surface area contributed by atoms with Gasteiger partial charge in [-0.2, -0.15) is 0 Å². The smallest absolute Gasteiger partial charge is 0.239 e. The first-order valence-electron chi connectivity index (χ1n) is 8.17. The van der Waals surface area contributed by atoms with Crippen LogP contribution < -0.4 is 10.6 Å². The summed E-state index contributed by atoms with van der Waals surface area (Å²) in [4.78, 5) is 11.3. The predicted molar refractivity (Wildman–Crippen MR) is 104 cm³/mol. The van der Waals surface area contributed by atoms with Crippen molar-refractivity contribution in [2.75, 3.05) is 18.9 Å². The van der Waals surface area contributed by atoms with Crippen LogP contribution >= 0.6 is 23.2 Å². The highest BCUT2D eigenvalue weighted by molar-refractivity contribution is 6.36. The highest BCUT2D eigenvalue weighted by Crippen LogP contribution is 2.35. The van der Waals surface area contributed by atoms with Crippen LogP contribution in [0.5, 0.6) is 5.75 Å². The highest BCUT2D eigenvalue weighted by Gasteiger charge is 2.18. The van der Waals surface area contributed by atoms with Crippen molar-refractivity contribution in [3.8, 4) is 5.75 Å². The third kappa shape index (κ3) is 4.59. The van der Waals surface area contributed by atoms with Gasteiger partial charge in [0.05, 0.1) is 17.3 Å². The fourth-order valence-corrected chi connectivity index (χ4v) is 3.16. The van der Waals surface area contributed by atoms with E-state index in [0.717, 1.165) is 11.1 Å². The van der Waals surface area contributed by atoms with Gasteiger partial charge in [-0.25, -0.2) is 4.39 Å². The number of anilines is 1. The number of benzene rings is 2. The summed E-state index contributed by atoms with van der Waals surface area (Å²) >= 11 is 12.5. The van der Waals surface area contributed by atoms with Gasteiger partial charge >= 0.3 is 0 Å². The maximum Gasteiger partial charge on any atom is 0.239 e. The Bertz CT molecular complexity index is 826. The average Bonchev–Trinajstić information content (AvgIpc) is 2.61. The molecule has 26 heavy (non-hydrogen) atoms. The zero-order chi connectivity index (χ0) is 19.4. The first kappa shape index (κ1) is 20.3. The Morgan fingerprint density at radius 2 is 1.96 bits per heavy atom. The minimum absolute atomic E-state index is 0.0703. The van der Waals surface area contributed by atoms with Gasteiger partial charge in [0.15, 0.2) is 5.82 Å². The standard InChI is InChI=1S/C19H21Cl2FN2O2/c1-10(2)12-6-11(4-5-16(12)25)7-13-14(20)8-15(19(22)18(13)21)24-9-17(26)23-3/h4-6,8,10,24-25H,7,9H2,1-3H3,(H,23,26). The van der Waals surface area contributed by atoms with Crippen molar-refractivity contribution in [2.24, 2.45) is 0 Å². The van der Waals surface area contributed by atoms with E-state index in [4.69, 9.17) is 23.2 Å². The second-order valence-electron chi connectivity index (χ2n) is 6.26. The van der Waals surface area contributed by atoms with E-state index in [1.807, 2.05) is 19.9 Å². The summed E-state index contributed by atoms with van der Waals surface area (Å²) in [5.41, 5.74) is 2.19. The molecule has 4 nitrogen and oxygen atoms in total. The second-order valence-corrected chi connectivity index (χ2v) is 7.05. The highest BCUT2D eigenvalue weighted by atomic mass is 35.5. The quantitative estimate of drug-likeness (QED) is 0.617. The zero-order valence-corrected chi connectivity index (χ0v) is 16.3. The van der Waals surface area contributed by atoms with Gasteiger partial charge in [0.1, 0.15) is 5.75 Å². The molecule has 2 aromatic rings. The summed E-state index contributed by atoms with van der Waals surface area (Å²) in [6.07, 6.45) is 0.324. The topological polar surface area (TPSA) is 61.4 Å². The first-order valence-corrected chi connectivity index (χ1v) is 8.92. The van der Waals surface area contributed by atoms with Crippen LogP contribution in [0.1, 0.15) is 36.5 Å². The van der Waals surface area contributed by atoms with E-state index < -0.39 is 5.82 Å². The summed E-state index contributed by atoms with van der Waals surface area (Å²) in [5, 5.41) is 15.3. The van der Waals surface area contributed by atoms with Crippen LogP contribution in [0.3, 0.4) is 0 Å². The number of aromatic hydroxyl groups is 1.